The minimum absolute atomic E-state index is 0.0278. The van der Waals surface area contributed by atoms with E-state index in [1.54, 1.807) is 11.8 Å². The standard InChI is InChI=1S/C12H15BrFNO2S2/c1-18-12-4-2-3-11(12)15-19(16,17)8-5-6-9(13)10(14)7-8/h5-7,11-12,15H,2-4H2,1H3. The Labute approximate surface area is 125 Å². The van der Waals surface area contributed by atoms with Crippen LogP contribution in [0.15, 0.2) is 27.6 Å². The van der Waals surface area contributed by atoms with Crippen LogP contribution in [0.4, 0.5) is 4.39 Å². The quantitative estimate of drug-likeness (QED) is 0.888. The highest BCUT2D eigenvalue weighted by atomic mass is 79.9. The molecule has 1 aromatic carbocycles. The molecule has 0 bridgehead atoms. The zero-order valence-electron chi connectivity index (χ0n) is 10.4. The number of rotatable bonds is 4. The van der Waals surface area contributed by atoms with Crippen molar-refractivity contribution >= 4 is 37.7 Å². The van der Waals surface area contributed by atoms with Crippen molar-refractivity contribution in [1.29, 1.82) is 0 Å². The third-order valence-electron chi connectivity index (χ3n) is 3.26. The van der Waals surface area contributed by atoms with Crippen LogP contribution >= 0.6 is 27.7 Å². The lowest BCUT2D eigenvalue weighted by molar-refractivity contribution is 0.552. The van der Waals surface area contributed by atoms with Gasteiger partial charge in [-0.2, -0.15) is 11.8 Å². The average molecular weight is 368 g/mol. The lowest BCUT2D eigenvalue weighted by Crippen LogP contribution is -2.38. The normalized spacial score (nSPS) is 23.7. The molecule has 1 aliphatic rings. The molecule has 0 saturated heterocycles. The van der Waals surface area contributed by atoms with E-state index in [4.69, 9.17) is 0 Å². The molecule has 0 heterocycles. The van der Waals surface area contributed by atoms with E-state index in [0.717, 1.165) is 25.3 Å². The monoisotopic (exact) mass is 367 g/mol. The number of hydrogen-bond donors (Lipinski definition) is 1. The van der Waals surface area contributed by atoms with E-state index < -0.39 is 15.8 Å². The van der Waals surface area contributed by atoms with Crippen molar-refractivity contribution in [2.45, 2.75) is 35.4 Å². The molecule has 1 aromatic rings. The van der Waals surface area contributed by atoms with Gasteiger partial charge in [0.1, 0.15) is 5.82 Å². The number of thioether (sulfide) groups is 1. The van der Waals surface area contributed by atoms with Crippen LogP contribution in [0.25, 0.3) is 0 Å². The second kappa shape index (κ2) is 6.11. The maximum atomic E-state index is 13.4. The van der Waals surface area contributed by atoms with E-state index in [-0.39, 0.29) is 15.4 Å². The van der Waals surface area contributed by atoms with Gasteiger partial charge in [0.25, 0.3) is 0 Å². The molecule has 19 heavy (non-hydrogen) atoms. The molecule has 2 unspecified atom stereocenters. The molecule has 1 aliphatic carbocycles. The van der Waals surface area contributed by atoms with Crippen molar-refractivity contribution in [3.05, 3.63) is 28.5 Å². The van der Waals surface area contributed by atoms with E-state index in [2.05, 4.69) is 20.7 Å². The minimum atomic E-state index is -3.65. The summed E-state index contributed by atoms with van der Waals surface area (Å²) in [5, 5.41) is 0.301. The average Bonchev–Trinajstić information content (AvgIpc) is 2.79. The fourth-order valence-electron chi connectivity index (χ4n) is 2.25. The number of nitrogens with one attached hydrogen (secondary N) is 1. The highest BCUT2D eigenvalue weighted by Crippen LogP contribution is 2.29. The number of sulfonamides is 1. The Kier molecular flexibility index (Phi) is 4.92. The van der Waals surface area contributed by atoms with E-state index in [1.807, 2.05) is 6.26 Å². The number of halogens is 2. The molecule has 0 aromatic heterocycles. The molecule has 2 atom stereocenters. The van der Waals surface area contributed by atoms with Gasteiger partial charge in [-0.25, -0.2) is 17.5 Å². The number of hydrogen-bond acceptors (Lipinski definition) is 3. The maximum absolute atomic E-state index is 13.4. The highest BCUT2D eigenvalue weighted by Gasteiger charge is 2.30. The SMILES string of the molecule is CSC1CCCC1NS(=O)(=O)c1ccc(Br)c(F)c1. The third-order valence-corrected chi connectivity index (χ3v) is 6.56. The summed E-state index contributed by atoms with van der Waals surface area (Å²) in [6.45, 7) is 0. The first-order valence-electron chi connectivity index (χ1n) is 5.94. The summed E-state index contributed by atoms with van der Waals surface area (Å²) in [6, 6.07) is 3.78. The zero-order chi connectivity index (χ0) is 14.0. The van der Waals surface area contributed by atoms with Gasteiger partial charge < -0.3 is 0 Å². The van der Waals surface area contributed by atoms with E-state index >= 15 is 0 Å². The van der Waals surface area contributed by atoms with Crippen LogP contribution in [0.5, 0.6) is 0 Å². The smallest absolute Gasteiger partial charge is 0.207 e. The van der Waals surface area contributed by atoms with Crippen molar-refractivity contribution in [2.24, 2.45) is 0 Å². The molecule has 1 fully saturated rings. The first-order chi connectivity index (χ1) is 8.94. The minimum Gasteiger partial charge on any atom is -0.207 e. The molecule has 106 valence electrons. The van der Waals surface area contributed by atoms with Crippen LogP contribution in [-0.2, 0) is 10.0 Å². The zero-order valence-corrected chi connectivity index (χ0v) is 13.6. The summed E-state index contributed by atoms with van der Waals surface area (Å²) in [7, 11) is -3.65. The summed E-state index contributed by atoms with van der Waals surface area (Å²) >= 11 is 4.68. The van der Waals surface area contributed by atoms with Gasteiger partial charge in [0.2, 0.25) is 10.0 Å². The van der Waals surface area contributed by atoms with Crippen LogP contribution < -0.4 is 4.72 Å². The molecular formula is C12H15BrFNO2S2. The summed E-state index contributed by atoms with van der Waals surface area (Å²) in [6.07, 6.45) is 4.86. The molecule has 1 saturated carbocycles. The molecule has 0 spiro atoms. The summed E-state index contributed by atoms with van der Waals surface area (Å²) in [5.74, 6) is -0.573. The Hall–Kier alpha value is -0.110. The Morgan fingerprint density at radius 2 is 2.16 bits per heavy atom. The lowest BCUT2D eigenvalue weighted by atomic mass is 10.3. The highest BCUT2D eigenvalue weighted by molar-refractivity contribution is 9.10. The molecule has 2 rings (SSSR count). The maximum Gasteiger partial charge on any atom is 0.240 e. The predicted molar refractivity (Wildman–Crippen MR) is 79.4 cm³/mol. The molecule has 0 aliphatic heterocycles. The van der Waals surface area contributed by atoms with E-state index in [1.165, 1.54) is 12.1 Å². The van der Waals surface area contributed by atoms with E-state index in [0.29, 0.717) is 5.25 Å². The van der Waals surface area contributed by atoms with Crippen molar-refractivity contribution in [2.75, 3.05) is 6.26 Å². The van der Waals surface area contributed by atoms with Crippen LogP contribution in [0.1, 0.15) is 19.3 Å². The third kappa shape index (κ3) is 3.51. The van der Waals surface area contributed by atoms with Crippen molar-refractivity contribution in [3.63, 3.8) is 0 Å². The van der Waals surface area contributed by atoms with Gasteiger partial charge in [-0.15, -0.1) is 0 Å². The van der Waals surface area contributed by atoms with Crippen LogP contribution in [0.2, 0.25) is 0 Å². The lowest BCUT2D eigenvalue weighted by Gasteiger charge is -2.19. The van der Waals surface area contributed by atoms with Gasteiger partial charge >= 0.3 is 0 Å². The van der Waals surface area contributed by atoms with E-state index in [9.17, 15) is 12.8 Å². The molecule has 7 heteroatoms. The molecule has 0 radical (unpaired) electrons. The summed E-state index contributed by atoms with van der Waals surface area (Å²) in [5.41, 5.74) is 0. The predicted octanol–water partition coefficient (Wildman–Crippen LogP) is 3.15. The first kappa shape index (κ1) is 15.3. The Balaban J connectivity index is 2.20. The van der Waals surface area contributed by atoms with Crippen molar-refractivity contribution < 1.29 is 12.8 Å². The largest absolute Gasteiger partial charge is 0.240 e. The van der Waals surface area contributed by atoms with Crippen LogP contribution in [-0.4, -0.2) is 26.0 Å². The van der Waals surface area contributed by atoms with Gasteiger partial charge in [-0.3, -0.25) is 0 Å². The topological polar surface area (TPSA) is 46.2 Å². The van der Waals surface area contributed by atoms with Crippen LogP contribution in [0, 0.1) is 5.82 Å². The Morgan fingerprint density at radius 3 is 2.79 bits per heavy atom. The van der Waals surface area contributed by atoms with Gasteiger partial charge in [-0.05, 0) is 53.2 Å². The Morgan fingerprint density at radius 1 is 1.42 bits per heavy atom. The first-order valence-corrected chi connectivity index (χ1v) is 9.50. The fourth-order valence-corrected chi connectivity index (χ4v) is 4.84. The van der Waals surface area contributed by atoms with Gasteiger partial charge in [-0.1, -0.05) is 6.42 Å². The molecule has 0 amide bonds. The second-order valence-corrected chi connectivity index (χ2v) is 8.15. The summed E-state index contributed by atoms with van der Waals surface area (Å²) < 4.78 is 40.8. The van der Waals surface area contributed by atoms with Crippen molar-refractivity contribution in [3.8, 4) is 0 Å². The molecule has 1 N–H and O–H groups in total. The summed E-state index contributed by atoms with van der Waals surface area (Å²) in [4.78, 5) is -0.0278. The fraction of sp³-hybridized carbons (Fsp3) is 0.500. The number of benzene rings is 1. The van der Waals surface area contributed by atoms with Gasteiger partial charge in [0.05, 0.1) is 9.37 Å². The van der Waals surface area contributed by atoms with Gasteiger partial charge in [0.15, 0.2) is 0 Å². The Bertz CT molecular complexity index is 565. The second-order valence-electron chi connectivity index (χ2n) is 4.51. The van der Waals surface area contributed by atoms with Crippen LogP contribution in [0.3, 0.4) is 0 Å². The molecular weight excluding hydrogens is 353 g/mol. The van der Waals surface area contributed by atoms with Gasteiger partial charge in [0, 0.05) is 11.3 Å². The molecule has 3 nitrogen and oxygen atoms in total. The van der Waals surface area contributed by atoms with Crippen molar-refractivity contribution in [1.82, 2.24) is 4.72 Å².